The Morgan fingerprint density at radius 3 is 1.87 bits per heavy atom. The van der Waals surface area contributed by atoms with E-state index in [4.69, 9.17) is 9.47 Å². The summed E-state index contributed by atoms with van der Waals surface area (Å²) in [5, 5.41) is 0. The molecule has 0 aliphatic heterocycles. The minimum absolute atomic E-state index is 0.441. The van der Waals surface area contributed by atoms with Crippen molar-refractivity contribution >= 4 is 0 Å². The van der Waals surface area contributed by atoms with Crippen molar-refractivity contribution in [3.63, 3.8) is 0 Å². The maximum Gasteiger partial charge on any atom is 0.169 e. The molecular formula is C21H26O2. The molecule has 0 spiro atoms. The quantitative estimate of drug-likeness (QED) is 0.672. The first kappa shape index (κ1) is 16.2. The van der Waals surface area contributed by atoms with E-state index in [1.807, 2.05) is 12.1 Å². The Hall–Kier alpha value is -1.64. The Morgan fingerprint density at radius 2 is 1.39 bits per heavy atom. The van der Waals surface area contributed by atoms with Crippen LogP contribution in [-0.2, 0) is 22.7 Å². The molecule has 1 aliphatic carbocycles. The summed E-state index contributed by atoms with van der Waals surface area (Å²) in [4.78, 5) is 0. The molecule has 0 N–H and O–H groups in total. The molecule has 23 heavy (non-hydrogen) atoms. The van der Waals surface area contributed by atoms with Gasteiger partial charge in [0, 0.05) is 12.8 Å². The van der Waals surface area contributed by atoms with Crippen molar-refractivity contribution in [1.82, 2.24) is 0 Å². The largest absolute Gasteiger partial charge is 0.345 e. The molecule has 2 nitrogen and oxygen atoms in total. The van der Waals surface area contributed by atoms with Crippen LogP contribution in [0.25, 0.3) is 0 Å². The van der Waals surface area contributed by atoms with Gasteiger partial charge in [0.15, 0.2) is 5.79 Å². The first-order valence-corrected chi connectivity index (χ1v) is 8.62. The van der Waals surface area contributed by atoms with Gasteiger partial charge < -0.3 is 9.47 Å². The summed E-state index contributed by atoms with van der Waals surface area (Å²) in [5.41, 5.74) is 2.40. The third-order valence-corrected chi connectivity index (χ3v) is 4.60. The fourth-order valence-electron chi connectivity index (χ4n) is 3.34. The van der Waals surface area contributed by atoms with Crippen molar-refractivity contribution in [1.29, 1.82) is 0 Å². The Labute approximate surface area is 139 Å². The summed E-state index contributed by atoms with van der Waals surface area (Å²) in [6.45, 7) is 3.52. The third kappa shape index (κ3) is 4.66. The fraction of sp³-hybridized carbons (Fsp3) is 0.429. The van der Waals surface area contributed by atoms with Crippen LogP contribution >= 0.6 is 0 Å². The highest BCUT2D eigenvalue weighted by Gasteiger charge is 2.37. The second kappa shape index (κ2) is 7.76. The molecular weight excluding hydrogens is 284 g/mol. The van der Waals surface area contributed by atoms with Crippen molar-refractivity contribution in [3.8, 4) is 0 Å². The topological polar surface area (TPSA) is 18.5 Å². The lowest BCUT2D eigenvalue weighted by Crippen LogP contribution is -2.40. The van der Waals surface area contributed by atoms with Crippen LogP contribution in [0.1, 0.15) is 43.7 Å². The van der Waals surface area contributed by atoms with E-state index in [1.165, 1.54) is 24.0 Å². The molecule has 1 unspecified atom stereocenters. The van der Waals surface area contributed by atoms with E-state index >= 15 is 0 Å². The Bertz CT molecular complexity index is 536. The number of ether oxygens (including phenoxy) is 2. The summed E-state index contributed by atoms with van der Waals surface area (Å²) in [7, 11) is 0. The van der Waals surface area contributed by atoms with Crippen LogP contribution in [0.15, 0.2) is 60.7 Å². The van der Waals surface area contributed by atoms with Crippen LogP contribution in [0, 0.1) is 5.92 Å². The Balaban J connectivity index is 1.66. The van der Waals surface area contributed by atoms with Gasteiger partial charge in [0.05, 0.1) is 13.2 Å². The number of hydrogen-bond donors (Lipinski definition) is 0. The lowest BCUT2D eigenvalue weighted by molar-refractivity contribution is -0.270. The standard InChI is InChI=1S/C21H26O2/c1-18-9-8-14-21(15-18,22-16-19-10-4-2-5-11-19)23-17-20-12-6-3-7-13-20/h2-7,10-13,18H,8-9,14-17H2,1H3. The highest BCUT2D eigenvalue weighted by molar-refractivity contribution is 5.14. The van der Waals surface area contributed by atoms with E-state index in [1.54, 1.807) is 0 Å². The molecule has 2 heteroatoms. The van der Waals surface area contributed by atoms with Crippen LogP contribution < -0.4 is 0 Å². The van der Waals surface area contributed by atoms with Gasteiger partial charge in [0.1, 0.15) is 0 Å². The van der Waals surface area contributed by atoms with Crippen LogP contribution in [-0.4, -0.2) is 5.79 Å². The Morgan fingerprint density at radius 1 is 0.870 bits per heavy atom. The van der Waals surface area contributed by atoms with E-state index in [9.17, 15) is 0 Å². The summed E-state index contributed by atoms with van der Waals surface area (Å²) in [6.07, 6.45) is 4.40. The maximum atomic E-state index is 6.33. The van der Waals surface area contributed by atoms with Crippen molar-refractivity contribution in [2.75, 3.05) is 0 Å². The maximum absolute atomic E-state index is 6.33. The normalized spacial score (nSPS) is 20.3. The Kier molecular flexibility index (Phi) is 5.47. The minimum atomic E-state index is -0.441. The molecule has 0 bridgehead atoms. The van der Waals surface area contributed by atoms with Gasteiger partial charge in [-0.3, -0.25) is 0 Å². The molecule has 0 aromatic heterocycles. The molecule has 1 fully saturated rings. The van der Waals surface area contributed by atoms with Crippen molar-refractivity contribution < 1.29 is 9.47 Å². The van der Waals surface area contributed by atoms with Gasteiger partial charge in [-0.2, -0.15) is 0 Å². The average Bonchev–Trinajstić information content (AvgIpc) is 2.60. The highest BCUT2D eigenvalue weighted by Crippen LogP contribution is 2.37. The highest BCUT2D eigenvalue weighted by atomic mass is 16.7. The predicted molar refractivity (Wildman–Crippen MR) is 92.8 cm³/mol. The van der Waals surface area contributed by atoms with Crippen LogP contribution in [0.5, 0.6) is 0 Å². The van der Waals surface area contributed by atoms with E-state index in [0.29, 0.717) is 19.1 Å². The van der Waals surface area contributed by atoms with Gasteiger partial charge >= 0.3 is 0 Å². The smallest absolute Gasteiger partial charge is 0.169 e. The number of hydrogen-bond acceptors (Lipinski definition) is 2. The second-order valence-electron chi connectivity index (χ2n) is 6.66. The van der Waals surface area contributed by atoms with Crippen LogP contribution in [0.2, 0.25) is 0 Å². The van der Waals surface area contributed by atoms with Gasteiger partial charge in [-0.05, 0) is 23.5 Å². The predicted octanol–water partition coefficient (Wildman–Crippen LogP) is 5.33. The molecule has 122 valence electrons. The second-order valence-corrected chi connectivity index (χ2v) is 6.66. The molecule has 1 aliphatic rings. The zero-order valence-corrected chi connectivity index (χ0v) is 13.9. The van der Waals surface area contributed by atoms with Crippen molar-refractivity contribution in [2.24, 2.45) is 5.92 Å². The molecule has 1 atom stereocenters. The van der Waals surface area contributed by atoms with Crippen LogP contribution in [0.4, 0.5) is 0 Å². The van der Waals surface area contributed by atoms with Gasteiger partial charge in [-0.25, -0.2) is 0 Å². The summed E-state index contributed by atoms with van der Waals surface area (Å²) >= 11 is 0. The van der Waals surface area contributed by atoms with Gasteiger partial charge in [-0.15, -0.1) is 0 Å². The van der Waals surface area contributed by atoms with Gasteiger partial charge in [0.2, 0.25) is 0 Å². The molecule has 2 aromatic carbocycles. The molecule has 2 aromatic rings. The lowest BCUT2D eigenvalue weighted by Gasteiger charge is -2.39. The first-order valence-electron chi connectivity index (χ1n) is 8.62. The summed E-state index contributed by atoms with van der Waals surface area (Å²) in [6, 6.07) is 20.7. The van der Waals surface area contributed by atoms with Crippen LogP contribution in [0.3, 0.4) is 0 Å². The summed E-state index contributed by atoms with van der Waals surface area (Å²) < 4.78 is 12.7. The average molecular weight is 310 g/mol. The molecule has 0 saturated heterocycles. The fourth-order valence-corrected chi connectivity index (χ4v) is 3.34. The van der Waals surface area contributed by atoms with E-state index in [0.717, 1.165) is 12.8 Å². The zero-order valence-electron chi connectivity index (χ0n) is 13.9. The minimum Gasteiger partial charge on any atom is -0.345 e. The zero-order chi connectivity index (χ0) is 16.0. The monoisotopic (exact) mass is 310 g/mol. The van der Waals surface area contributed by atoms with E-state index in [-0.39, 0.29) is 0 Å². The molecule has 0 amide bonds. The van der Waals surface area contributed by atoms with E-state index in [2.05, 4.69) is 55.5 Å². The molecule has 0 heterocycles. The SMILES string of the molecule is CC1CCCC(OCc2ccccc2)(OCc2ccccc2)C1. The number of benzene rings is 2. The number of rotatable bonds is 6. The molecule has 0 radical (unpaired) electrons. The summed E-state index contributed by atoms with van der Waals surface area (Å²) in [5.74, 6) is 0.207. The third-order valence-electron chi connectivity index (χ3n) is 4.60. The van der Waals surface area contributed by atoms with Crippen molar-refractivity contribution in [2.45, 2.75) is 51.6 Å². The van der Waals surface area contributed by atoms with E-state index < -0.39 is 5.79 Å². The first-order chi connectivity index (χ1) is 11.3. The lowest BCUT2D eigenvalue weighted by atomic mass is 9.86. The van der Waals surface area contributed by atoms with Gasteiger partial charge in [0.25, 0.3) is 0 Å². The van der Waals surface area contributed by atoms with Gasteiger partial charge in [-0.1, -0.05) is 74.0 Å². The van der Waals surface area contributed by atoms with Crippen molar-refractivity contribution in [3.05, 3.63) is 71.8 Å². The molecule has 3 rings (SSSR count). The molecule has 1 saturated carbocycles.